The Morgan fingerprint density at radius 1 is 1.00 bits per heavy atom. The van der Waals surface area contributed by atoms with E-state index in [0.717, 1.165) is 0 Å². The summed E-state index contributed by atoms with van der Waals surface area (Å²) in [7, 11) is -2.98. The highest BCUT2D eigenvalue weighted by Gasteiger charge is 2.45. The summed E-state index contributed by atoms with van der Waals surface area (Å²) >= 11 is 0. The molecule has 86 valence electrons. The van der Waals surface area contributed by atoms with Crippen molar-refractivity contribution >= 4 is 9.05 Å². The first kappa shape index (κ1) is 14.0. The summed E-state index contributed by atoms with van der Waals surface area (Å²) in [5, 5.41) is 0. The van der Waals surface area contributed by atoms with E-state index in [1.807, 2.05) is 20.8 Å². The maximum absolute atomic E-state index is 5.54. The third kappa shape index (κ3) is 5.04. The van der Waals surface area contributed by atoms with Crippen LogP contribution in [0.3, 0.4) is 0 Å². The van der Waals surface area contributed by atoms with E-state index >= 15 is 0 Å². The fourth-order valence-electron chi connectivity index (χ4n) is 0.985. The largest absolute Gasteiger partial charge is 0.680 e. The molecular formula is C8H21NO4Si. The van der Waals surface area contributed by atoms with E-state index in [9.17, 15) is 0 Å². The number of hydrogen-bond donors (Lipinski definition) is 1. The molecule has 0 bridgehead atoms. The molecule has 6 heteroatoms. The molecule has 0 saturated carbocycles. The molecule has 5 nitrogen and oxygen atoms in total. The van der Waals surface area contributed by atoms with Crippen molar-refractivity contribution in [3.8, 4) is 0 Å². The lowest BCUT2D eigenvalue weighted by molar-refractivity contribution is -0.0449. The fraction of sp³-hybridized carbons (Fsp3) is 1.00. The monoisotopic (exact) mass is 223 g/mol. The van der Waals surface area contributed by atoms with E-state index < -0.39 is 15.3 Å². The Morgan fingerprint density at radius 2 is 1.36 bits per heavy atom. The van der Waals surface area contributed by atoms with Gasteiger partial charge in [-0.3, -0.25) is 0 Å². The second kappa shape index (κ2) is 7.33. The van der Waals surface area contributed by atoms with Crippen LogP contribution in [-0.4, -0.2) is 35.1 Å². The minimum atomic E-state index is -2.98. The zero-order valence-corrected chi connectivity index (χ0v) is 10.4. The SMILES string of the molecule is CCO[Si](OCC)(OCC)OC(C)N. The average Bonchev–Trinajstić information content (AvgIpc) is 2.03. The third-order valence-electron chi connectivity index (χ3n) is 1.29. The standard InChI is InChI=1S/C8H21NO4Si/c1-5-10-14(11-6-2,12-7-3)13-8(4)9/h8H,5-7,9H2,1-4H3. The minimum absolute atomic E-state index is 0.452. The molecule has 0 aliphatic rings. The predicted octanol–water partition coefficient (Wildman–Crippen LogP) is 0.853. The summed E-state index contributed by atoms with van der Waals surface area (Å²) in [6.45, 7) is 8.77. The summed E-state index contributed by atoms with van der Waals surface area (Å²) in [6, 6.07) is 0. The van der Waals surface area contributed by atoms with Crippen LogP contribution >= 0.6 is 0 Å². The van der Waals surface area contributed by atoms with Crippen molar-refractivity contribution in [1.82, 2.24) is 0 Å². The van der Waals surface area contributed by atoms with Gasteiger partial charge in [0.05, 0.1) is 6.23 Å². The van der Waals surface area contributed by atoms with Crippen LogP contribution in [0, 0.1) is 0 Å². The van der Waals surface area contributed by atoms with Gasteiger partial charge in [-0.15, -0.1) is 0 Å². The lowest BCUT2D eigenvalue weighted by atomic mass is 10.7. The normalized spacial score (nSPS) is 14.4. The van der Waals surface area contributed by atoms with Gasteiger partial charge in [-0.05, 0) is 27.7 Å². The van der Waals surface area contributed by atoms with Crippen molar-refractivity contribution in [2.45, 2.75) is 33.9 Å². The molecule has 0 fully saturated rings. The maximum Gasteiger partial charge on any atom is 0.680 e. The molecule has 0 rings (SSSR count). The van der Waals surface area contributed by atoms with Crippen molar-refractivity contribution in [3.05, 3.63) is 0 Å². The van der Waals surface area contributed by atoms with Crippen molar-refractivity contribution in [2.75, 3.05) is 19.8 Å². The molecule has 0 spiro atoms. The van der Waals surface area contributed by atoms with Crippen molar-refractivity contribution in [1.29, 1.82) is 0 Å². The molecule has 0 amide bonds. The first-order chi connectivity index (χ1) is 6.60. The molecular weight excluding hydrogens is 202 g/mol. The van der Waals surface area contributed by atoms with E-state index in [-0.39, 0.29) is 0 Å². The molecule has 0 aromatic carbocycles. The van der Waals surface area contributed by atoms with Crippen molar-refractivity contribution < 1.29 is 17.7 Å². The van der Waals surface area contributed by atoms with Gasteiger partial charge in [0.2, 0.25) is 0 Å². The van der Waals surface area contributed by atoms with E-state index in [2.05, 4.69) is 0 Å². The average molecular weight is 223 g/mol. The van der Waals surface area contributed by atoms with Crippen molar-refractivity contribution in [2.24, 2.45) is 5.73 Å². The van der Waals surface area contributed by atoms with E-state index in [0.29, 0.717) is 19.8 Å². The lowest BCUT2D eigenvalue weighted by Gasteiger charge is -2.28. The Hall–Kier alpha value is 0.0169. The highest BCUT2D eigenvalue weighted by atomic mass is 28.4. The summed E-state index contributed by atoms with van der Waals surface area (Å²) in [4.78, 5) is 0. The molecule has 0 aliphatic carbocycles. The Kier molecular flexibility index (Phi) is 7.34. The molecule has 0 heterocycles. The van der Waals surface area contributed by atoms with E-state index in [1.165, 1.54) is 0 Å². The minimum Gasteiger partial charge on any atom is -0.351 e. The first-order valence-electron chi connectivity index (χ1n) is 4.95. The summed E-state index contributed by atoms with van der Waals surface area (Å²) in [5.74, 6) is 0. The van der Waals surface area contributed by atoms with Gasteiger partial charge >= 0.3 is 9.05 Å². The topological polar surface area (TPSA) is 62.9 Å². The maximum atomic E-state index is 5.54. The van der Waals surface area contributed by atoms with Crippen LogP contribution < -0.4 is 5.73 Å². The van der Waals surface area contributed by atoms with Crippen LogP contribution in [0.2, 0.25) is 0 Å². The zero-order chi connectivity index (χ0) is 11.0. The predicted molar refractivity (Wildman–Crippen MR) is 55.4 cm³/mol. The molecule has 1 unspecified atom stereocenters. The molecule has 0 aliphatic heterocycles. The Bertz CT molecular complexity index is 128. The smallest absolute Gasteiger partial charge is 0.351 e. The van der Waals surface area contributed by atoms with Gasteiger partial charge in [0.15, 0.2) is 0 Å². The molecule has 14 heavy (non-hydrogen) atoms. The molecule has 0 radical (unpaired) electrons. The summed E-state index contributed by atoms with van der Waals surface area (Å²) < 4.78 is 21.6. The van der Waals surface area contributed by atoms with Gasteiger partial charge in [0.25, 0.3) is 0 Å². The van der Waals surface area contributed by atoms with Crippen LogP contribution in [0.1, 0.15) is 27.7 Å². The third-order valence-corrected chi connectivity index (χ3v) is 3.88. The van der Waals surface area contributed by atoms with Gasteiger partial charge < -0.3 is 23.4 Å². The highest BCUT2D eigenvalue weighted by Crippen LogP contribution is 2.12. The van der Waals surface area contributed by atoms with E-state index in [4.69, 9.17) is 23.4 Å². The number of nitrogens with two attached hydrogens (primary N) is 1. The van der Waals surface area contributed by atoms with Crippen LogP contribution in [0.4, 0.5) is 0 Å². The summed E-state index contributed by atoms with van der Waals surface area (Å²) in [6.07, 6.45) is -0.452. The van der Waals surface area contributed by atoms with Gasteiger partial charge in [-0.2, -0.15) is 0 Å². The van der Waals surface area contributed by atoms with Crippen LogP contribution in [0.25, 0.3) is 0 Å². The fourth-order valence-corrected chi connectivity index (χ4v) is 2.96. The molecule has 2 N–H and O–H groups in total. The van der Waals surface area contributed by atoms with Gasteiger partial charge in [-0.25, -0.2) is 0 Å². The van der Waals surface area contributed by atoms with Crippen LogP contribution in [0.5, 0.6) is 0 Å². The van der Waals surface area contributed by atoms with Gasteiger partial charge in [0.1, 0.15) is 0 Å². The second-order valence-electron chi connectivity index (χ2n) is 2.62. The highest BCUT2D eigenvalue weighted by molar-refractivity contribution is 6.53. The Morgan fingerprint density at radius 3 is 1.57 bits per heavy atom. The zero-order valence-electron chi connectivity index (χ0n) is 9.41. The van der Waals surface area contributed by atoms with Crippen LogP contribution in [-0.2, 0) is 17.7 Å². The van der Waals surface area contributed by atoms with E-state index in [1.54, 1.807) is 6.92 Å². The van der Waals surface area contributed by atoms with Gasteiger partial charge in [0, 0.05) is 19.8 Å². The lowest BCUT2D eigenvalue weighted by Crippen LogP contribution is -2.52. The van der Waals surface area contributed by atoms with Gasteiger partial charge in [-0.1, -0.05) is 0 Å². The van der Waals surface area contributed by atoms with Crippen LogP contribution in [0.15, 0.2) is 0 Å². The first-order valence-corrected chi connectivity index (χ1v) is 6.58. The quantitative estimate of drug-likeness (QED) is 0.488. The molecule has 0 saturated heterocycles. The molecule has 0 aromatic heterocycles. The number of rotatable bonds is 8. The molecule has 1 atom stereocenters. The molecule has 0 aromatic rings. The Labute approximate surface area is 87.0 Å². The van der Waals surface area contributed by atoms with Crippen molar-refractivity contribution in [3.63, 3.8) is 0 Å². The summed E-state index contributed by atoms with van der Waals surface area (Å²) in [5.41, 5.74) is 5.54. The second-order valence-corrected chi connectivity index (χ2v) is 4.72. The number of hydrogen-bond acceptors (Lipinski definition) is 5. The Balaban J connectivity index is 4.37.